The largest absolute Gasteiger partial charge is 0.423 e. The first kappa shape index (κ1) is 15.4. The molecule has 0 saturated heterocycles. The van der Waals surface area contributed by atoms with Crippen molar-refractivity contribution in [1.82, 2.24) is 0 Å². The van der Waals surface area contributed by atoms with E-state index < -0.39 is 27.2 Å². The van der Waals surface area contributed by atoms with Crippen molar-refractivity contribution in [2.45, 2.75) is 0 Å². The third kappa shape index (κ3) is 3.55. The molecule has 0 spiro atoms. The molecule has 2 rings (SSSR count). The van der Waals surface area contributed by atoms with E-state index in [1.807, 2.05) is 0 Å². The first-order valence-electron chi connectivity index (χ1n) is 5.78. The molecule has 0 aliphatic carbocycles. The Bertz CT molecular complexity index is 745. The smallest absolute Gasteiger partial charge is 0.344 e. The van der Waals surface area contributed by atoms with E-state index in [-0.39, 0.29) is 11.3 Å². The molecule has 0 atom stereocenters. The maximum atomic E-state index is 12.0. The Morgan fingerprint density at radius 3 is 2.09 bits per heavy atom. The van der Waals surface area contributed by atoms with Crippen molar-refractivity contribution in [2.75, 3.05) is 0 Å². The van der Waals surface area contributed by atoms with E-state index in [1.54, 1.807) is 12.1 Å². The molecule has 22 heavy (non-hydrogen) atoms. The maximum absolute atomic E-state index is 12.0. The summed E-state index contributed by atoms with van der Waals surface area (Å²) >= 11 is 5.74. The van der Waals surface area contributed by atoms with E-state index in [4.69, 9.17) is 16.3 Å². The molecule has 0 aliphatic rings. The first-order chi connectivity index (χ1) is 10.4. The van der Waals surface area contributed by atoms with Crippen LogP contribution in [0.1, 0.15) is 10.4 Å². The Hall–Kier alpha value is -3.00. The lowest BCUT2D eigenvalue weighted by Crippen LogP contribution is -2.09. The minimum absolute atomic E-state index is 0.117. The van der Waals surface area contributed by atoms with Crippen molar-refractivity contribution in [1.29, 1.82) is 0 Å². The van der Waals surface area contributed by atoms with Crippen LogP contribution in [0.2, 0.25) is 5.02 Å². The summed E-state index contributed by atoms with van der Waals surface area (Å²) in [6.45, 7) is 0. The van der Waals surface area contributed by atoms with Gasteiger partial charge in [0.15, 0.2) is 0 Å². The van der Waals surface area contributed by atoms with Gasteiger partial charge in [-0.1, -0.05) is 17.7 Å². The highest BCUT2D eigenvalue weighted by Gasteiger charge is 2.21. The van der Waals surface area contributed by atoms with Crippen LogP contribution in [-0.2, 0) is 0 Å². The molecule has 0 heterocycles. The molecule has 0 aliphatic heterocycles. The molecule has 0 N–H and O–H groups in total. The number of nitro benzene ring substituents is 2. The number of carbonyl (C=O) groups excluding carboxylic acids is 1. The summed E-state index contributed by atoms with van der Waals surface area (Å²) in [5.74, 6) is -0.847. The molecule has 8 nitrogen and oxygen atoms in total. The molecule has 9 heteroatoms. The fourth-order valence-electron chi connectivity index (χ4n) is 1.62. The molecule has 2 aromatic rings. The molecular weight excluding hydrogens is 316 g/mol. The number of rotatable bonds is 4. The van der Waals surface area contributed by atoms with Crippen molar-refractivity contribution in [3.8, 4) is 5.75 Å². The van der Waals surface area contributed by atoms with Crippen molar-refractivity contribution in [2.24, 2.45) is 0 Å². The number of non-ortho nitro benzene ring substituents is 2. The SMILES string of the molecule is O=C(Oc1cccc(Cl)c1)c1cc([N+](=O)[O-])cc([N+](=O)[O-])c1. The molecule has 0 saturated carbocycles. The van der Waals surface area contributed by atoms with Gasteiger partial charge in [-0.2, -0.15) is 0 Å². The predicted molar refractivity (Wildman–Crippen MR) is 76.2 cm³/mol. The van der Waals surface area contributed by atoms with Crippen LogP contribution in [-0.4, -0.2) is 15.8 Å². The van der Waals surface area contributed by atoms with Crippen molar-refractivity contribution in [3.05, 3.63) is 73.3 Å². The number of nitrogens with zero attached hydrogens (tertiary/aromatic N) is 2. The molecular formula is C13H7ClN2O6. The van der Waals surface area contributed by atoms with E-state index in [0.29, 0.717) is 5.02 Å². The third-order valence-corrected chi connectivity index (χ3v) is 2.80. The highest BCUT2D eigenvalue weighted by molar-refractivity contribution is 6.30. The van der Waals surface area contributed by atoms with Crippen molar-refractivity contribution >= 4 is 28.9 Å². The molecule has 0 radical (unpaired) electrons. The average Bonchev–Trinajstić information content (AvgIpc) is 2.46. The Labute approximate surface area is 128 Å². The zero-order valence-corrected chi connectivity index (χ0v) is 11.5. The Morgan fingerprint density at radius 2 is 1.59 bits per heavy atom. The zero-order valence-electron chi connectivity index (χ0n) is 10.8. The number of hydrogen-bond donors (Lipinski definition) is 0. The fraction of sp³-hybridized carbons (Fsp3) is 0. The standard InChI is InChI=1S/C13H7ClN2O6/c14-9-2-1-3-12(6-9)22-13(17)8-4-10(15(18)19)7-11(5-8)16(20)21/h1-7H. The third-order valence-electron chi connectivity index (χ3n) is 2.57. The monoisotopic (exact) mass is 322 g/mol. The van der Waals surface area contributed by atoms with Gasteiger partial charge in [0.2, 0.25) is 0 Å². The van der Waals surface area contributed by atoms with Crippen LogP contribution < -0.4 is 4.74 Å². The second kappa shape index (κ2) is 6.19. The van der Waals surface area contributed by atoms with Crippen LogP contribution >= 0.6 is 11.6 Å². The average molecular weight is 323 g/mol. The van der Waals surface area contributed by atoms with Crippen LogP contribution in [0.25, 0.3) is 0 Å². The van der Waals surface area contributed by atoms with Crippen LogP contribution in [0, 0.1) is 20.2 Å². The van der Waals surface area contributed by atoms with Crippen LogP contribution in [0.15, 0.2) is 42.5 Å². The van der Waals surface area contributed by atoms with Crippen LogP contribution in [0.3, 0.4) is 0 Å². The van der Waals surface area contributed by atoms with Gasteiger partial charge >= 0.3 is 5.97 Å². The summed E-state index contributed by atoms with van der Waals surface area (Å²) in [5.41, 5.74) is -1.46. The van der Waals surface area contributed by atoms with E-state index in [2.05, 4.69) is 0 Å². The molecule has 0 unspecified atom stereocenters. The summed E-state index contributed by atoms with van der Waals surface area (Å²) in [7, 11) is 0. The summed E-state index contributed by atoms with van der Waals surface area (Å²) in [5, 5.41) is 21.9. The topological polar surface area (TPSA) is 113 Å². The molecule has 0 aromatic heterocycles. The van der Waals surface area contributed by atoms with E-state index in [9.17, 15) is 25.0 Å². The number of ether oxygens (including phenoxy) is 1. The number of hydrogen-bond acceptors (Lipinski definition) is 6. The molecule has 112 valence electrons. The molecule has 0 fully saturated rings. The van der Waals surface area contributed by atoms with Crippen LogP contribution in [0.5, 0.6) is 5.75 Å². The maximum Gasteiger partial charge on any atom is 0.344 e. The van der Waals surface area contributed by atoms with Crippen molar-refractivity contribution in [3.63, 3.8) is 0 Å². The highest BCUT2D eigenvalue weighted by Crippen LogP contribution is 2.24. The van der Waals surface area contributed by atoms with Gasteiger partial charge in [0, 0.05) is 17.2 Å². The number of halogens is 1. The normalized spacial score (nSPS) is 10.0. The Morgan fingerprint density at radius 1 is 1.00 bits per heavy atom. The van der Waals surface area contributed by atoms with Gasteiger partial charge in [0.1, 0.15) is 5.75 Å². The van der Waals surface area contributed by atoms with Crippen LogP contribution in [0.4, 0.5) is 11.4 Å². The lowest BCUT2D eigenvalue weighted by atomic mass is 10.2. The predicted octanol–water partition coefficient (Wildman–Crippen LogP) is 3.38. The number of carbonyl (C=O) groups is 1. The van der Waals surface area contributed by atoms with Crippen molar-refractivity contribution < 1.29 is 19.4 Å². The second-order valence-electron chi connectivity index (χ2n) is 4.10. The van der Waals surface area contributed by atoms with E-state index in [0.717, 1.165) is 18.2 Å². The van der Waals surface area contributed by atoms with Gasteiger partial charge in [-0.3, -0.25) is 20.2 Å². The Balaban J connectivity index is 2.36. The molecule has 0 amide bonds. The summed E-state index contributed by atoms with van der Waals surface area (Å²) in [4.78, 5) is 31.8. The zero-order chi connectivity index (χ0) is 16.3. The van der Waals surface area contributed by atoms with Gasteiger partial charge in [-0.15, -0.1) is 0 Å². The van der Waals surface area contributed by atoms with Gasteiger partial charge in [0.05, 0.1) is 21.5 Å². The minimum atomic E-state index is -0.964. The highest BCUT2D eigenvalue weighted by atomic mass is 35.5. The number of nitro groups is 2. The number of esters is 1. The van der Waals surface area contributed by atoms with E-state index in [1.165, 1.54) is 12.1 Å². The molecule has 0 bridgehead atoms. The Kier molecular flexibility index (Phi) is 4.33. The number of benzene rings is 2. The lowest BCUT2D eigenvalue weighted by molar-refractivity contribution is -0.394. The second-order valence-corrected chi connectivity index (χ2v) is 4.54. The first-order valence-corrected chi connectivity index (χ1v) is 6.16. The fourth-order valence-corrected chi connectivity index (χ4v) is 1.80. The van der Waals surface area contributed by atoms with E-state index >= 15 is 0 Å². The quantitative estimate of drug-likeness (QED) is 0.369. The lowest BCUT2D eigenvalue weighted by Gasteiger charge is -2.04. The summed E-state index contributed by atoms with van der Waals surface area (Å²) in [6.07, 6.45) is 0. The minimum Gasteiger partial charge on any atom is -0.423 e. The molecule has 2 aromatic carbocycles. The van der Waals surface area contributed by atoms with Gasteiger partial charge in [-0.05, 0) is 18.2 Å². The van der Waals surface area contributed by atoms with Gasteiger partial charge in [0.25, 0.3) is 11.4 Å². The summed E-state index contributed by atoms with van der Waals surface area (Å²) < 4.78 is 4.98. The van der Waals surface area contributed by atoms with Gasteiger partial charge in [-0.25, -0.2) is 4.79 Å². The van der Waals surface area contributed by atoms with Gasteiger partial charge < -0.3 is 4.74 Å². The summed E-state index contributed by atoms with van der Waals surface area (Å²) in [6, 6.07) is 8.49.